The number of sulfonamides is 1. The van der Waals surface area contributed by atoms with Gasteiger partial charge in [0.25, 0.3) is 5.91 Å². The van der Waals surface area contributed by atoms with Crippen LogP contribution in [-0.4, -0.2) is 20.9 Å². The third-order valence-corrected chi connectivity index (χ3v) is 6.55. The van der Waals surface area contributed by atoms with Crippen molar-refractivity contribution in [1.29, 1.82) is 0 Å². The second-order valence-electron chi connectivity index (χ2n) is 6.43. The van der Waals surface area contributed by atoms with Crippen LogP contribution in [0.3, 0.4) is 0 Å². The standard InChI is InChI=1S/C20H16ClFN2O3S/c1-2-24-17-8-9-18(13-4-3-5-14(19(13)17)20(24)25)28(26,27)23-11-12-6-7-16(22)15(21)10-12/h3-10,23H,2,11H2,1H3. The lowest BCUT2D eigenvalue weighted by molar-refractivity contribution is 0.0994. The fraction of sp³-hybridized carbons (Fsp3) is 0.150. The van der Waals surface area contributed by atoms with Crippen molar-refractivity contribution in [3.8, 4) is 0 Å². The molecule has 0 saturated carbocycles. The number of benzene rings is 3. The first kappa shape index (κ1) is 18.9. The lowest BCUT2D eigenvalue weighted by Gasteiger charge is -2.15. The highest BCUT2D eigenvalue weighted by molar-refractivity contribution is 7.89. The van der Waals surface area contributed by atoms with Crippen molar-refractivity contribution in [2.75, 3.05) is 11.4 Å². The van der Waals surface area contributed by atoms with Crippen LogP contribution in [0.15, 0.2) is 53.4 Å². The second kappa shape index (κ2) is 6.84. The maximum absolute atomic E-state index is 13.3. The molecule has 1 N–H and O–H groups in total. The van der Waals surface area contributed by atoms with Gasteiger partial charge in [-0.2, -0.15) is 0 Å². The summed E-state index contributed by atoms with van der Waals surface area (Å²) >= 11 is 5.75. The number of nitrogens with zero attached hydrogens (tertiary/aromatic N) is 1. The minimum atomic E-state index is -3.87. The van der Waals surface area contributed by atoms with Crippen LogP contribution in [0.5, 0.6) is 0 Å². The number of hydrogen-bond donors (Lipinski definition) is 1. The van der Waals surface area contributed by atoms with E-state index in [1.54, 1.807) is 29.2 Å². The van der Waals surface area contributed by atoms with Crippen LogP contribution in [0, 0.1) is 5.82 Å². The van der Waals surface area contributed by atoms with E-state index in [2.05, 4.69) is 4.72 Å². The average Bonchev–Trinajstić information content (AvgIpc) is 2.96. The lowest BCUT2D eigenvalue weighted by Crippen LogP contribution is -2.26. The molecule has 144 valence electrons. The summed E-state index contributed by atoms with van der Waals surface area (Å²) in [7, 11) is -3.87. The number of carbonyl (C=O) groups is 1. The summed E-state index contributed by atoms with van der Waals surface area (Å²) in [5, 5.41) is 1.06. The second-order valence-corrected chi connectivity index (χ2v) is 8.58. The minimum absolute atomic E-state index is 0.0364. The van der Waals surface area contributed by atoms with Crippen LogP contribution in [0.4, 0.5) is 10.1 Å². The summed E-state index contributed by atoms with van der Waals surface area (Å²) in [6.45, 7) is 2.33. The molecule has 0 spiro atoms. The molecule has 0 unspecified atom stereocenters. The monoisotopic (exact) mass is 418 g/mol. The molecule has 3 aromatic rings. The lowest BCUT2D eigenvalue weighted by atomic mass is 10.1. The van der Waals surface area contributed by atoms with Crippen LogP contribution >= 0.6 is 11.6 Å². The van der Waals surface area contributed by atoms with Gasteiger partial charge in [0.15, 0.2) is 0 Å². The Hall–Kier alpha value is -2.48. The molecule has 8 heteroatoms. The zero-order chi connectivity index (χ0) is 20.1. The van der Waals surface area contributed by atoms with Gasteiger partial charge in [-0.3, -0.25) is 4.79 Å². The van der Waals surface area contributed by atoms with Crippen LogP contribution in [0.25, 0.3) is 10.8 Å². The summed E-state index contributed by atoms with van der Waals surface area (Å²) in [5.74, 6) is -0.697. The normalized spacial score (nSPS) is 13.5. The maximum atomic E-state index is 13.3. The summed E-state index contributed by atoms with van der Waals surface area (Å²) in [4.78, 5) is 14.3. The van der Waals surface area contributed by atoms with Crippen molar-refractivity contribution in [2.24, 2.45) is 0 Å². The minimum Gasteiger partial charge on any atom is -0.308 e. The Kier molecular flexibility index (Phi) is 4.61. The number of rotatable bonds is 5. The van der Waals surface area contributed by atoms with Gasteiger partial charge in [-0.25, -0.2) is 17.5 Å². The van der Waals surface area contributed by atoms with Crippen LogP contribution < -0.4 is 9.62 Å². The summed E-state index contributed by atoms with van der Waals surface area (Å²) in [6, 6.07) is 12.3. The molecular weight excluding hydrogens is 403 g/mol. The van der Waals surface area contributed by atoms with Crippen LogP contribution in [-0.2, 0) is 16.6 Å². The molecule has 0 fully saturated rings. The first-order valence-corrected chi connectivity index (χ1v) is 10.5. The molecule has 1 amide bonds. The Morgan fingerprint density at radius 1 is 1.14 bits per heavy atom. The highest BCUT2D eigenvalue weighted by atomic mass is 35.5. The van der Waals surface area contributed by atoms with E-state index in [-0.39, 0.29) is 22.4 Å². The van der Waals surface area contributed by atoms with E-state index in [4.69, 9.17) is 11.6 Å². The molecule has 28 heavy (non-hydrogen) atoms. The number of carbonyl (C=O) groups excluding carboxylic acids is 1. The fourth-order valence-electron chi connectivity index (χ4n) is 3.47. The number of amides is 1. The quantitative estimate of drug-likeness (QED) is 0.678. The molecule has 5 nitrogen and oxygen atoms in total. The first-order chi connectivity index (χ1) is 13.3. The van der Waals surface area contributed by atoms with E-state index in [1.165, 1.54) is 24.3 Å². The van der Waals surface area contributed by atoms with Gasteiger partial charge in [0.1, 0.15) is 5.82 Å². The number of nitrogens with one attached hydrogen (secondary N) is 1. The smallest absolute Gasteiger partial charge is 0.258 e. The Morgan fingerprint density at radius 3 is 2.64 bits per heavy atom. The Labute approximate surface area is 166 Å². The molecule has 3 aromatic carbocycles. The number of anilines is 1. The molecule has 4 rings (SSSR count). The highest BCUT2D eigenvalue weighted by Crippen LogP contribution is 2.39. The molecule has 0 bridgehead atoms. The van der Waals surface area contributed by atoms with Gasteiger partial charge in [-0.1, -0.05) is 29.8 Å². The van der Waals surface area contributed by atoms with Crippen molar-refractivity contribution in [2.45, 2.75) is 18.4 Å². The van der Waals surface area contributed by atoms with Gasteiger partial charge in [0.05, 0.1) is 15.6 Å². The van der Waals surface area contributed by atoms with E-state index >= 15 is 0 Å². The van der Waals surface area contributed by atoms with Crippen molar-refractivity contribution in [3.63, 3.8) is 0 Å². The van der Waals surface area contributed by atoms with Crippen molar-refractivity contribution in [1.82, 2.24) is 4.72 Å². The van der Waals surface area contributed by atoms with Crippen LogP contribution in [0.1, 0.15) is 22.8 Å². The zero-order valence-corrected chi connectivity index (χ0v) is 16.4. The summed E-state index contributed by atoms with van der Waals surface area (Å²) in [6.07, 6.45) is 0. The van der Waals surface area contributed by atoms with E-state index in [0.717, 1.165) is 0 Å². The molecule has 0 aliphatic carbocycles. The highest BCUT2D eigenvalue weighted by Gasteiger charge is 2.31. The van der Waals surface area contributed by atoms with Gasteiger partial charge >= 0.3 is 0 Å². The summed E-state index contributed by atoms with van der Waals surface area (Å²) < 4.78 is 41.7. The van der Waals surface area contributed by atoms with E-state index in [9.17, 15) is 17.6 Å². The van der Waals surface area contributed by atoms with Crippen molar-refractivity contribution in [3.05, 3.63) is 70.5 Å². The van der Waals surface area contributed by atoms with E-state index in [1.807, 2.05) is 6.92 Å². The zero-order valence-electron chi connectivity index (χ0n) is 14.9. The molecule has 0 radical (unpaired) electrons. The SMILES string of the molecule is CCN1C(=O)c2cccc3c(S(=O)(=O)NCc4ccc(F)c(Cl)c4)ccc1c23. The number of hydrogen-bond acceptors (Lipinski definition) is 3. The Morgan fingerprint density at radius 2 is 1.93 bits per heavy atom. The van der Waals surface area contributed by atoms with Crippen molar-refractivity contribution < 1.29 is 17.6 Å². The predicted molar refractivity (Wildman–Crippen MR) is 107 cm³/mol. The topological polar surface area (TPSA) is 66.5 Å². The maximum Gasteiger partial charge on any atom is 0.258 e. The van der Waals surface area contributed by atoms with E-state index in [0.29, 0.717) is 34.1 Å². The fourth-order valence-corrected chi connectivity index (χ4v) is 4.90. The van der Waals surface area contributed by atoms with Gasteiger partial charge in [0.2, 0.25) is 10.0 Å². The molecule has 1 heterocycles. The largest absolute Gasteiger partial charge is 0.308 e. The molecule has 0 atom stereocenters. The Bertz CT molecular complexity index is 1230. The predicted octanol–water partition coefficient (Wildman–Crippen LogP) is 4.09. The van der Waals surface area contributed by atoms with Gasteiger partial charge in [-0.05, 0) is 42.8 Å². The molecule has 0 saturated heterocycles. The third-order valence-electron chi connectivity index (χ3n) is 4.80. The Balaban J connectivity index is 1.74. The summed E-state index contributed by atoms with van der Waals surface area (Å²) in [5.41, 5.74) is 1.74. The third kappa shape index (κ3) is 2.96. The number of halogens is 2. The van der Waals surface area contributed by atoms with Crippen LogP contribution in [0.2, 0.25) is 5.02 Å². The first-order valence-electron chi connectivity index (χ1n) is 8.64. The van der Waals surface area contributed by atoms with Crippen molar-refractivity contribution >= 4 is 44.0 Å². The van der Waals surface area contributed by atoms with Gasteiger partial charge in [-0.15, -0.1) is 0 Å². The molecular formula is C20H16ClFN2O3S. The van der Waals surface area contributed by atoms with E-state index < -0.39 is 15.8 Å². The molecule has 1 aliphatic rings. The average molecular weight is 419 g/mol. The van der Waals surface area contributed by atoms with Gasteiger partial charge in [0, 0.05) is 29.4 Å². The molecule has 0 aromatic heterocycles. The van der Waals surface area contributed by atoms with Gasteiger partial charge < -0.3 is 4.90 Å². The molecule has 1 aliphatic heterocycles.